The molecular formula is C30H52N8O7. The van der Waals surface area contributed by atoms with Crippen molar-refractivity contribution in [2.45, 2.75) is 89.1 Å². The molecule has 0 bridgehead atoms. The first-order valence-corrected chi connectivity index (χ1v) is 15.6. The summed E-state index contributed by atoms with van der Waals surface area (Å²) < 4.78 is 0. The quantitative estimate of drug-likeness (QED) is 0.0632. The van der Waals surface area contributed by atoms with Gasteiger partial charge in [0.1, 0.15) is 17.5 Å². The summed E-state index contributed by atoms with van der Waals surface area (Å²) in [7, 11) is 0. The van der Waals surface area contributed by atoms with Crippen molar-refractivity contribution in [3.05, 3.63) is 23.8 Å². The molecule has 254 valence electrons. The lowest BCUT2D eigenvalue weighted by Crippen LogP contribution is -2.49. The maximum atomic E-state index is 12.6. The van der Waals surface area contributed by atoms with Gasteiger partial charge in [-0.15, -0.1) is 0 Å². The fraction of sp³-hybridized carbons (Fsp3) is 0.633. The molecule has 1 rings (SSSR count). The predicted molar refractivity (Wildman–Crippen MR) is 170 cm³/mol. The van der Waals surface area contributed by atoms with Gasteiger partial charge in [-0.1, -0.05) is 38.2 Å². The van der Waals surface area contributed by atoms with Gasteiger partial charge in [0.15, 0.2) is 0 Å². The summed E-state index contributed by atoms with van der Waals surface area (Å²) in [6, 6.07) is 1.53. The number of phenolic OH excluding ortho intramolecular Hbond substituents is 2. The smallest absolute Gasteiger partial charge is 0.312 e. The van der Waals surface area contributed by atoms with E-state index in [1.165, 1.54) is 12.1 Å². The largest absolute Gasteiger partial charge is 0.508 e. The first kappa shape index (κ1) is 38.9. The zero-order chi connectivity index (χ0) is 33.5. The summed E-state index contributed by atoms with van der Waals surface area (Å²) >= 11 is 0. The van der Waals surface area contributed by atoms with Crippen LogP contribution in [0.25, 0.3) is 0 Å². The van der Waals surface area contributed by atoms with E-state index in [2.05, 4.69) is 26.6 Å². The maximum absolute atomic E-state index is 12.6. The van der Waals surface area contributed by atoms with E-state index < -0.39 is 35.8 Å². The zero-order valence-corrected chi connectivity index (χ0v) is 26.1. The molecule has 0 unspecified atom stereocenters. The van der Waals surface area contributed by atoms with E-state index in [1.807, 2.05) is 0 Å². The highest BCUT2D eigenvalue weighted by atomic mass is 16.3. The summed E-state index contributed by atoms with van der Waals surface area (Å²) in [4.78, 5) is 58.9. The summed E-state index contributed by atoms with van der Waals surface area (Å²) in [6.45, 7) is 3.06. The second-order valence-corrected chi connectivity index (χ2v) is 11.0. The Morgan fingerprint density at radius 1 is 0.711 bits per heavy atom. The molecule has 1 aromatic carbocycles. The third kappa shape index (κ3) is 19.7. The Morgan fingerprint density at radius 3 is 1.93 bits per heavy atom. The number of nitrogens with one attached hydrogen (secondary N) is 5. The Labute approximate surface area is 264 Å². The van der Waals surface area contributed by atoms with Gasteiger partial charge in [-0.05, 0) is 51.3 Å². The van der Waals surface area contributed by atoms with Gasteiger partial charge in [0, 0.05) is 31.3 Å². The number of benzene rings is 1. The van der Waals surface area contributed by atoms with Crippen LogP contribution in [0.4, 0.5) is 4.79 Å². The monoisotopic (exact) mass is 636 g/mol. The average Bonchev–Trinajstić information content (AvgIpc) is 2.97. The van der Waals surface area contributed by atoms with Crippen molar-refractivity contribution in [3.63, 3.8) is 0 Å². The number of unbranched alkanes of at least 4 members (excludes halogenated alkanes) is 6. The van der Waals surface area contributed by atoms with Gasteiger partial charge in [0.05, 0.1) is 18.9 Å². The SMILES string of the molecule is NC(=O)C[C@H](NC(=O)Cc1ccc(O)cc1O)C(=O)NCCCCCCCCCNCCCNC(=O)[C@@H](N)CCCNC(N)=O. The van der Waals surface area contributed by atoms with Crippen LogP contribution >= 0.6 is 0 Å². The molecule has 0 saturated carbocycles. The number of carbonyl (C=O) groups excluding carboxylic acids is 5. The molecule has 15 nitrogen and oxygen atoms in total. The second kappa shape index (κ2) is 23.3. The number of amides is 6. The van der Waals surface area contributed by atoms with Gasteiger partial charge in [0.25, 0.3) is 0 Å². The van der Waals surface area contributed by atoms with Crippen LogP contribution in [0.1, 0.15) is 76.2 Å². The molecule has 2 atom stereocenters. The molecule has 1 aromatic rings. The Bertz CT molecular complexity index is 1070. The number of rotatable bonds is 25. The number of urea groups is 1. The predicted octanol–water partition coefficient (Wildman–Crippen LogP) is -0.281. The molecule has 0 aliphatic carbocycles. The Kier molecular flexibility index (Phi) is 20.1. The van der Waals surface area contributed by atoms with Crippen molar-refractivity contribution in [1.82, 2.24) is 26.6 Å². The number of phenols is 2. The molecule has 0 fully saturated rings. The van der Waals surface area contributed by atoms with Gasteiger partial charge in [-0.25, -0.2) is 4.79 Å². The van der Waals surface area contributed by atoms with E-state index in [9.17, 15) is 34.2 Å². The van der Waals surface area contributed by atoms with Crippen molar-refractivity contribution in [1.29, 1.82) is 0 Å². The van der Waals surface area contributed by atoms with Crippen LogP contribution in [-0.4, -0.2) is 84.7 Å². The Hall–Kier alpha value is -4.11. The first-order valence-electron chi connectivity index (χ1n) is 15.6. The minimum atomic E-state index is -1.12. The van der Waals surface area contributed by atoms with Gasteiger partial charge >= 0.3 is 6.03 Å². The Balaban J connectivity index is 2.05. The summed E-state index contributed by atoms with van der Waals surface area (Å²) in [6.07, 6.45) is 8.37. The van der Waals surface area contributed by atoms with Crippen LogP contribution in [0.3, 0.4) is 0 Å². The number of hydrogen-bond donors (Lipinski definition) is 10. The van der Waals surface area contributed by atoms with Crippen molar-refractivity contribution in [2.75, 3.05) is 32.7 Å². The minimum absolute atomic E-state index is 0.142. The molecule has 0 heterocycles. The van der Waals surface area contributed by atoms with Crippen LogP contribution in [0.15, 0.2) is 18.2 Å². The fourth-order valence-electron chi connectivity index (χ4n) is 4.47. The highest BCUT2D eigenvalue weighted by molar-refractivity contribution is 5.92. The van der Waals surface area contributed by atoms with E-state index in [-0.39, 0.29) is 35.8 Å². The van der Waals surface area contributed by atoms with Crippen LogP contribution in [0.5, 0.6) is 11.5 Å². The number of carbonyl (C=O) groups is 5. The van der Waals surface area contributed by atoms with Gasteiger partial charge < -0.3 is 54.0 Å². The van der Waals surface area contributed by atoms with Crippen LogP contribution in [0, 0.1) is 0 Å². The normalized spacial score (nSPS) is 12.1. The summed E-state index contributed by atoms with van der Waals surface area (Å²) in [5, 5.41) is 33.1. The standard InChI is InChI=1S/C30H52N8O7/c31-23(10-8-16-37-30(33)45)28(43)35-17-9-14-34-13-6-4-2-1-3-5-7-15-36-29(44)24(20-26(32)41)38-27(42)18-21-11-12-22(39)19-25(21)40/h11-12,19,23-24,34,39-40H,1-10,13-18,20,31H2,(H2,32,41)(H,35,43)(H,36,44)(H,38,42)(H3,33,37,45)/t23-,24-/m0/s1. The van der Waals surface area contributed by atoms with Gasteiger partial charge in [-0.2, -0.15) is 0 Å². The molecule has 0 aliphatic heterocycles. The molecule has 0 saturated heterocycles. The lowest BCUT2D eigenvalue weighted by Gasteiger charge is -2.17. The highest BCUT2D eigenvalue weighted by Crippen LogP contribution is 2.22. The molecule has 0 radical (unpaired) electrons. The van der Waals surface area contributed by atoms with E-state index in [1.54, 1.807) is 0 Å². The zero-order valence-electron chi connectivity index (χ0n) is 26.1. The number of primary amides is 2. The minimum Gasteiger partial charge on any atom is -0.508 e. The van der Waals surface area contributed by atoms with Crippen LogP contribution in [0.2, 0.25) is 0 Å². The number of hydrogen-bond acceptors (Lipinski definition) is 9. The second-order valence-electron chi connectivity index (χ2n) is 11.0. The van der Waals surface area contributed by atoms with E-state index in [0.29, 0.717) is 32.5 Å². The molecular weight excluding hydrogens is 584 g/mol. The van der Waals surface area contributed by atoms with Crippen molar-refractivity contribution in [3.8, 4) is 11.5 Å². The highest BCUT2D eigenvalue weighted by Gasteiger charge is 2.23. The summed E-state index contributed by atoms with van der Waals surface area (Å²) in [5.74, 6) is -2.38. The third-order valence-electron chi connectivity index (χ3n) is 6.96. The van der Waals surface area contributed by atoms with Gasteiger partial charge in [0.2, 0.25) is 23.6 Å². The first-order chi connectivity index (χ1) is 21.5. The number of nitrogens with two attached hydrogens (primary N) is 3. The summed E-state index contributed by atoms with van der Waals surface area (Å²) in [5.41, 5.74) is 16.3. The molecule has 0 aliphatic rings. The number of aromatic hydroxyl groups is 2. The third-order valence-corrected chi connectivity index (χ3v) is 6.96. The lowest BCUT2D eigenvalue weighted by atomic mass is 10.1. The van der Waals surface area contributed by atoms with Crippen molar-refractivity contribution >= 4 is 29.7 Å². The fourth-order valence-corrected chi connectivity index (χ4v) is 4.47. The molecule has 13 N–H and O–H groups in total. The van der Waals surface area contributed by atoms with Crippen molar-refractivity contribution in [2.24, 2.45) is 17.2 Å². The topological polar surface area (TPSA) is 264 Å². The average molecular weight is 637 g/mol. The Morgan fingerprint density at radius 2 is 1.29 bits per heavy atom. The van der Waals surface area contributed by atoms with E-state index in [0.717, 1.165) is 70.5 Å². The van der Waals surface area contributed by atoms with E-state index in [4.69, 9.17) is 17.2 Å². The molecule has 45 heavy (non-hydrogen) atoms. The molecule has 6 amide bonds. The lowest BCUT2D eigenvalue weighted by molar-refractivity contribution is -0.131. The van der Waals surface area contributed by atoms with Crippen molar-refractivity contribution < 1.29 is 34.2 Å². The molecule has 15 heteroatoms. The maximum Gasteiger partial charge on any atom is 0.312 e. The van der Waals surface area contributed by atoms with Crippen LogP contribution in [-0.2, 0) is 25.6 Å². The van der Waals surface area contributed by atoms with E-state index >= 15 is 0 Å². The van der Waals surface area contributed by atoms with Crippen LogP contribution < -0.4 is 43.8 Å². The molecule has 0 aromatic heterocycles. The van der Waals surface area contributed by atoms with Gasteiger partial charge in [-0.3, -0.25) is 19.2 Å². The molecule has 0 spiro atoms.